The average molecular weight is 500 g/mol. The van der Waals surface area contributed by atoms with Crippen molar-refractivity contribution in [1.29, 1.82) is 0 Å². The summed E-state index contributed by atoms with van der Waals surface area (Å²) in [5.41, 5.74) is 7.67. The van der Waals surface area contributed by atoms with Crippen molar-refractivity contribution < 1.29 is 9.18 Å². The van der Waals surface area contributed by atoms with Gasteiger partial charge in [-0.2, -0.15) is 5.10 Å². The first kappa shape index (κ1) is 25.1. The molecule has 6 nitrogen and oxygen atoms in total. The summed E-state index contributed by atoms with van der Waals surface area (Å²) < 4.78 is 15.3. The molecular formula is C30H34FN5O. The smallest absolute Gasteiger partial charge is 0.220 e. The lowest BCUT2D eigenvalue weighted by Crippen LogP contribution is -2.44. The van der Waals surface area contributed by atoms with Gasteiger partial charge in [0, 0.05) is 49.0 Å². The van der Waals surface area contributed by atoms with Crippen LogP contribution in [0, 0.1) is 26.6 Å². The second kappa shape index (κ2) is 10.8. The molecule has 3 heterocycles. The highest BCUT2D eigenvalue weighted by Gasteiger charge is 2.22. The van der Waals surface area contributed by atoms with Crippen molar-refractivity contribution in [2.24, 2.45) is 0 Å². The van der Waals surface area contributed by atoms with Gasteiger partial charge in [0.2, 0.25) is 5.91 Å². The fraction of sp³-hybridized carbons (Fsp3) is 0.367. The number of halogens is 1. The first-order valence-corrected chi connectivity index (χ1v) is 13.1. The Labute approximate surface area is 217 Å². The van der Waals surface area contributed by atoms with Crippen LogP contribution < -0.4 is 5.32 Å². The molecule has 1 aliphatic heterocycles. The topological polar surface area (TPSA) is 62.5 Å². The summed E-state index contributed by atoms with van der Waals surface area (Å²) in [6, 6.07) is 17.2. The van der Waals surface area contributed by atoms with E-state index < -0.39 is 0 Å². The molecule has 0 aliphatic carbocycles. The number of fused-ring (bicyclic) bond motifs is 1. The van der Waals surface area contributed by atoms with Gasteiger partial charge in [0.15, 0.2) is 5.65 Å². The number of carbonyl (C=O) groups is 1. The number of carbonyl (C=O) groups excluding carboxylic acids is 1. The van der Waals surface area contributed by atoms with Gasteiger partial charge < -0.3 is 5.32 Å². The van der Waals surface area contributed by atoms with Crippen LogP contribution in [-0.4, -0.2) is 44.5 Å². The number of hydrogen-bond acceptors (Lipinski definition) is 4. The lowest BCUT2D eigenvalue weighted by atomic mass is 10.0. The molecule has 0 radical (unpaired) electrons. The van der Waals surface area contributed by atoms with Crippen LogP contribution in [-0.2, 0) is 17.8 Å². The van der Waals surface area contributed by atoms with Crippen molar-refractivity contribution in [2.75, 3.05) is 13.1 Å². The van der Waals surface area contributed by atoms with Crippen molar-refractivity contribution in [1.82, 2.24) is 24.8 Å². The molecule has 1 saturated heterocycles. The van der Waals surface area contributed by atoms with E-state index in [0.29, 0.717) is 12.8 Å². The largest absolute Gasteiger partial charge is 0.353 e. The third-order valence-electron chi connectivity index (χ3n) is 7.44. The van der Waals surface area contributed by atoms with Crippen molar-refractivity contribution in [2.45, 2.75) is 59.0 Å². The van der Waals surface area contributed by atoms with E-state index in [9.17, 15) is 9.18 Å². The van der Waals surface area contributed by atoms with Crippen molar-refractivity contribution in [3.8, 4) is 11.1 Å². The van der Waals surface area contributed by atoms with Gasteiger partial charge in [0.25, 0.3) is 0 Å². The number of nitrogens with one attached hydrogen (secondary N) is 1. The number of likely N-dealkylation sites (tertiary alicyclic amines) is 1. The Bertz CT molecular complexity index is 1390. The predicted octanol–water partition coefficient (Wildman–Crippen LogP) is 5.17. The minimum Gasteiger partial charge on any atom is -0.353 e. The minimum atomic E-state index is -0.267. The van der Waals surface area contributed by atoms with Gasteiger partial charge in [0.1, 0.15) is 5.82 Å². The monoisotopic (exact) mass is 499 g/mol. The van der Waals surface area contributed by atoms with E-state index in [1.165, 1.54) is 17.7 Å². The molecule has 4 aromatic rings. The molecule has 7 heteroatoms. The van der Waals surface area contributed by atoms with Crippen molar-refractivity contribution in [3.05, 3.63) is 88.6 Å². The van der Waals surface area contributed by atoms with Crippen molar-refractivity contribution in [3.63, 3.8) is 0 Å². The number of piperidine rings is 1. The van der Waals surface area contributed by atoms with Crippen LogP contribution in [0.5, 0.6) is 0 Å². The number of amides is 1. The van der Waals surface area contributed by atoms with Crippen LogP contribution in [0.1, 0.15) is 47.5 Å². The van der Waals surface area contributed by atoms with Gasteiger partial charge in [0.05, 0.1) is 5.69 Å². The molecule has 1 fully saturated rings. The van der Waals surface area contributed by atoms with Crippen LogP contribution in [0.15, 0.2) is 54.6 Å². The van der Waals surface area contributed by atoms with Gasteiger partial charge in [-0.05, 0) is 68.9 Å². The lowest BCUT2D eigenvalue weighted by Gasteiger charge is -2.32. The molecule has 2 aromatic heterocycles. The Morgan fingerprint density at radius 3 is 2.41 bits per heavy atom. The Kier molecular flexibility index (Phi) is 7.33. The average Bonchev–Trinajstić information content (AvgIpc) is 3.22. The Morgan fingerprint density at radius 1 is 1.00 bits per heavy atom. The number of aromatic nitrogens is 3. The summed E-state index contributed by atoms with van der Waals surface area (Å²) in [5, 5.41) is 7.98. The van der Waals surface area contributed by atoms with E-state index in [4.69, 9.17) is 10.1 Å². The zero-order chi connectivity index (χ0) is 25.9. The number of aryl methyl sites for hydroxylation is 3. The summed E-state index contributed by atoms with van der Waals surface area (Å²) in [6.45, 7) is 8.91. The van der Waals surface area contributed by atoms with Crippen molar-refractivity contribution >= 4 is 11.6 Å². The molecule has 5 rings (SSSR count). The highest BCUT2D eigenvalue weighted by Crippen LogP contribution is 2.29. The molecule has 2 aromatic carbocycles. The van der Waals surface area contributed by atoms with Crippen LogP contribution in [0.25, 0.3) is 16.8 Å². The van der Waals surface area contributed by atoms with Crippen LogP contribution in [0.4, 0.5) is 4.39 Å². The zero-order valence-corrected chi connectivity index (χ0v) is 21.8. The van der Waals surface area contributed by atoms with E-state index in [1.54, 1.807) is 12.1 Å². The Balaban J connectivity index is 1.21. The zero-order valence-electron chi connectivity index (χ0n) is 21.8. The van der Waals surface area contributed by atoms with Crippen LogP contribution >= 0.6 is 0 Å². The summed E-state index contributed by atoms with van der Waals surface area (Å²) in [7, 11) is 0. The molecule has 1 N–H and O–H groups in total. The third kappa shape index (κ3) is 5.57. The Hall–Kier alpha value is -3.58. The highest BCUT2D eigenvalue weighted by molar-refractivity contribution is 5.80. The van der Waals surface area contributed by atoms with Crippen LogP contribution in [0.2, 0.25) is 0 Å². The molecule has 0 spiro atoms. The molecule has 0 atom stereocenters. The molecule has 1 amide bonds. The quantitative estimate of drug-likeness (QED) is 0.381. The van der Waals surface area contributed by atoms with Gasteiger partial charge in [-0.3, -0.25) is 9.69 Å². The molecule has 0 bridgehead atoms. The summed E-state index contributed by atoms with van der Waals surface area (Å²) in [6.07, 6.45) is 2.99. The van der Waals surface area contributed by atoms with E-state index in [-0.39, 0.29) is 17.8 Å². The maximum Gasteiger partial charge on any atom is 0.220 e. The van der Waals surface area contributed by atoms with E-state index >= 15 is 0 Å². The van der Waals surface area contributed by atoms with Gasteiger partial charge in [-0.1, -0.05) is 42.5 Å². The molecular weight excluding hydrogens is 465 g/mol. The van der Waals surface area contributed by atoms with E-state index in [2.05, 4.69) is 34.5 Å². The first-order valence-electron chi connectivity index (χ1n) is 13.1. The van der Waals surface area contributed by atoms with Crippen LogP contribution in [0.3, 0.4) is 0 Å². The third-order valence-corrected chi connectivity index (χ3v) is 7.44. The van der Waals surface area contributed by atoms with E-state index in [0.717, 1.165) is 71.9 Å². The number of rotatable bonds is 7. The number of benzene rings is 2. The summed E-state index contributed by atoms with van der Waals surface area (Å²) in [5.74, 6) is -0.180. The molecule has 192 valence electrons. The fourth-order valence-electron chi connectivity index (χ4n) is 5.40. The first-order chi connectivity index (χ1) is 17.9. The maximum atomic E-state index is 13.4. The predicted molar refractivity (Wildman–Crippen MR) is 144 cm³/mol. The van der Waals surface area contributed by atoms with Gasteiger partial charge in [-0.25, -0.2) is 13.9 Å². The van der Waals surface area contributed by atoms with Gasteiger partial charge in [-0.15, -0.1) is 0 Å². The van der Waals surface area contributed by atoms with Gasteiger partial charge >= 0.3 is 0 Å². The maximum absolute atomic E-state index is 13.4. The second-order valence-corrected chi connectivity index (χ2v) is 10.1. The fourth-order valence-corrected chi connectivity index (χ4v) is 5.40. The van der Waals surface area contributed by atoms with E-state index in [1.807, 2.05) is 31.4 Å². The molecule has 0 unspecified atom stereocenters. The second-order valence-electron chi connectivity index (χ2n) is 10.1. The summed E-state index contributed by atoms with van der Waals surface area (Å²) >= 11 is 0. The summed E-state index contributed by atoms with van der Waals surface area (Å²) in [4.78, 5) is 20.1. The Morgan fingerprint density at radius 2 is 1.70 bits per heavy atom. The SMILES string of the molecule is Cc1nc2c(-c3ccc(F)cc3)c(C)nn2c(C)c1CCC(=O)NC1CCN(Cc2ccccc2)CC1. The normalized spacial score (nSPS) is 14.8. The standard InChI is InChI=1S/C30H34FN5O/c1-20-27(22(3)36-30(32-20)29(21(2)34-36)24-9-11-25(31)12-10-24)13-14-28(37)33-26-15-17-35(18-16-26)19-23-7-5-4-6-8-23/h4-12,26H,13-19H2,1-3H3,(H,33,37). The highest BCUT2D eigenvalue weighted by atomic mass is 19.1. The minimum absolute atomic E-state index is 0.0871. The lowest BCUT2D eigenvalue weighted by molar-refractivity contribution is -0.122. The molecule has 37 heavy (non-hydrogen) atoms. The molecule has 1 aliphatic rings. The number of hydrogen-bond donors (Lipinski definition) is 1. The number of nitrogens with zero attached hydrogens (tertiary/aromatic N) is 4. The molecule has 0 saturated carbocycles.